The number of primary amides is 1. The summed E-state index contributed by atoms with van der Waals surface area (Å²) >= 11 is 0. The zero-order valence-electron chi connectivity index (χ0n) is 9.50. The molecular weight excluding hydrogens is 216 g/mol. The minimum Gasteiger partial charge on any atom is -0.364 e. The number of carbonyl (C=O) groups excluding carboxylic acids is 1. The number of rotatable bonds is 3. The quantitative estimate of drug-likeness (QED) is 0.824. The summed E-state index contributed by atoms with van der Waals surface area (Å²) in [5.74, 6) is -0.540. The number of hydrogen-bond donors (Lipinski definition) is 2. The van der Waals surface area contributed by atoms with Crippen LogP contribution in [0.1, 0.15) is 29.0 Å². The minimum absolute atomic E-state index is 0.104. The molecule has 0 aliphatic rings. The summed E-state index contributed by atoms with van der Waals surface area (Å²) < 4.78 is 1.61. The minimum atomic E-state index is -0.540. The Kier molecular flexibility index (Phi) is 2.93. The molecular formula is C12H14N4O. The molecule has 0 saturated heterocycles. The summed E-state index contributed by atoms with van der Waals surface area (Å²) in [6, 6.07) is 9.13. The molecule has 1 amide bonds. The average molecular weight is 230 g/mol. The van der Waals surface area contributed by atoms with Crippen LogP contribution in [0.2, 0.25) is 0 Å². The first-order valence-corrected chi connectivity index (χ1v) is 5.30. The summed E-state index contributed by atoms with van der Waals surface area (Å²) in [4.78, 5) is 11.0. The number of hydrogen-bond acceptors (Lipinski definition) is 3. The van der Waals surface area contributed by atoms with Crippen molar-refractivity contribution in [2.45, 2.75) is 13.0 Å². The van der Waals surface area contributed by atoms with Crippen LogP contribution in [0, 0.1) is 0 Å². The van der Waals surface area contributed by atoms with Crippen molar-refractivity contribution in [1.29, 1.82) is 0 Å². The molecule has 17 heavy (non-hydrogen) atoms. The number of nitrogens with two attached hydrogens (primary N) is 2. The maximum Gasteiger partial charge on any atom is 0.269 e. The molecule has 4 N–H and O–H groups in total. The Morgan fingerprint density at radius 3 is 2.65 bits per heavy atom. The molecule has 0 saturated carbocycles. The van der Waals surface area contributed by atoms with E-state index in [9.17, 15) is 4.79 Å². The van der Waals surface area contributed by atoms with Crippen molar-refractivity contribution >= 4 is 5.91 Å². The number of benzene rings is 1. The van der Waals surface area contributed by atoms with Crippen LogP contribution in [-0.4, -0.2) is 15.7 Å². The van der Waals surface area contributed by atoms with Gasteiger partial charge < -0.3 is 11.5 Å². The van der Waals surface area contributed by atoms with E-state index in [-0.39, 0.29) is 11.7 Å². The molecule has 0 aliphatic carbocycles. The van der Waals surface area contributed by atoms with Crippen LogP contribution in [-0.2, 0) is 0 Å². The average Bonchev–Trinajstić information content (AvgIpc) is 2.78. The first-order chi connectivity index (χ1) is 8.09. The van der Waals surface area contributed by atoms with Crippen molar-refractivity contribution in [1.82, 2.24) is 9.78 Å². The van der Waals surface area contributed by atoms with Gasteiger partial charge in [-0.1, -0.05) is 18.2 Å². The van der Waals surface area contributed by atoms with Crippen molar-refractivity contribution in [3.05, 3.63) is 47.8 Å². The van der Waals surface area contributed by atoms with Gasteiger partial charge in [-0.2, -0.15) is 5.10 Å². The van der Waals surface area contributed by atoms with E-state index in [0.29, 0.717) is 0 Å². The van der Waals surface area contributed by atoms with E-state index in [1.165, 1.54) is 0 Å². The summed E-state index contributed by atoms with van der Waals surface area (Å²) in [5.41, 5.74) is 13.1. The van der Waals surface area contributed by atoms with Crippen LogP contribution in [0.3, 0.4) is 0 Å². The van der Waals surface area contributed by atoms with Gasteiger partial charge >= 0.3 is 0 Å². The Morgan fingerprint density at radius 2 is 2.06 bits per heavy atom. The van der Waals surface area contributed by atoms with Gasteiger partial charge in [0, 0.05) is 12.2 Å². The molecule has 0 bridgehead atoms. The molecule has 1 unspecified atom stereocenters. The monoisotopic (exact) mass is 230 g/mol. The molecule has 2 aromatic rings. The Hall–Kier alpha value is -2.14. The maximum atomic E-state index is 11.0. The van der Waals surface area contributed by atoms with Gasteiger partial charge in [0.15, 0.2) is 0 Å². The second-order valence-electron chi connectivity index (χ2n) is 3.86. The number of carbonyl (C=O) groups is 1. The first-order valence-electron chi connectivity index (χ1n) is 5.30. The lowest BCUT2D eigenvalue weighted by molar-refractivity contribution is 0.0995. The topological polar surface area (TPSA) is 86.9 Å². The number of aromatic nitrogens is 2. The van der Waals surface area contributed by atoms with Crippen LogP contribution in [0.25, 0.3) is 5.69 Å². The van der Waals surface area contributed by atoms with Crippen molar-refractivity contribution in [2.24, 2.45) is 11.5 Å². The van der Waals surface area contributed by atoms with Gasteiger partial charge in [-0.25, -0.2) is 4.68 Å². The zero-order valence-corrected chi connectivity index (χ0v) is 9.50. The smallest absolute Gasteiger partial charge is 0.269 e. The molecule has 1 atom stereocenters. The number of para-hydroxylation sites is 1. The largest absolute Gasteiger partial charge is 0.364 e. The van der Waals surface area contributed by atoms with Crippen LogP contribution in [0.4, 0.5) is 0 Å². The lowest BCUT2D eigenvalue weighted by atomic mass is 10.1. The van der Waals surface area contributed by atoms with Gasteiger partial charge in [0.25, 0.3) is 5.91 Å². The molecule has 0 aliphatic heterocycles. The van der Waals surface area contributed by atoms with Crippen molar-refractivity contribution < 1.29 is 4.79 Å². The molecule has 1 heterocycles. The van der Waals surface area contributed by atoms with Crippen LogP contribution < -0.4 is 11.5 Å². The van der Waals surface area contributed by atoms with E-state index >= 15 is 0 Å². The molecule has 1 aromatic carbocycles. The lowest BCUT2D eigenvalue weighted by Gasteiger charge is -2.12. The van der Waals surface area contributed by atoms with E-state index in [2.05, 4.69) is 5.10 Å². The van der Waals surface area contributed by atoms with E-state index < -0.39 is 5.91 Å². The Balaban J connectivity index is 2.48. The lowest BCUT2D eigenvalue weighted by Crippen LogP contribution is -2.13. The van der Waals surface area contributed by atoms with E-state index in [4.69, 9.17) is 11.5 Å². The highest BCUT2D eigenvalue weighted by Gasteiger charge is 2.10. The van der Waals surface area contributed by atoms with Crippen LogP contribution >= 0.6 is 0 Å². The van der Waals surface area contributed by atoms with E-state index in [1.807, 2.05) is 31.2 Å². The SMILES string of the molecule is CC(N)c1ccccc1-n1ccc(C(N)=O)n1. The fourth-order valence-electron chi connectivity index (χ4n) is 1.67. The maximum absolute atomic E-state index is 11.0. The van der Waals surface area contributed by atoms with Gasteiger partial charge in [0.2, 0.25) is 0 Å². The fourth-order valence-corrected chi connectivity index (χ4v) is 1.67. The van der Waals surface area contributed by atoms with Crippen molar-refractivity contribution in [3.63, 3.8) is 0 Å². The number of amides is 1. The van der Waals surface area contributed by atoms with Gasteiger partial charge in [-0.05, 0) is 24.6 Å². The first kappa shape index (κ1) is 11.3. The Morgan fingerprint density at radius 1 is 1.35 bits per heavy atom. The summed E-state index contributed by atoms with van der Waals surface area (Å²) in [6.07, 6.45) is 1.70. The Labute approximate surface area is 99.0 Å². The second kappa shape index (κ2) is 4.39. The molecule has 5 heteroatoms. The highest BCUT2D eigenvalue weighted by atomic mass is 16.1. The normalized spacial score (nSPS) is 12.4. The van der Waals surface area contributed by atoms with E-state index in [1.54, 1.807) is 16.9 Å². The second-order valence-corrected chi connectivity index (χ2v) is 3.86. The molecule has 88 valence electrons. The summed E-state index contributed by atoms with van der Waals surface area (Å²) in [7, 11) is 0. The molecule has 0 fully saturated rings. The van der Waals surface area contributed by atoms with Crippen LogP contribution in [0.5, 0.6) is 0 Å². The van der Waals surface area contributed by atoms with Gasteiger partial charge in [0.1, 0.15) is 5.69 Å². The van der Waals surface area contributed by atoms with Crippen LogP contribution in [0.15, 0.2) is 36.5 Å². The fraction of sp³-hybridized carbons (Fsp3) is 0.167. The molecule has 0 radical (unpaired) electrons. The predicted octanol–water partition coefficient (Wildman–Crippen LogP) is 0.991. The molecule has 5 nitrogen and oxygen atoms in total. The number of nitrogens with zero attached hydrogens (tertiary/aromatic N) is 2. The molecule has 0 spiro atoms. The standard InChI is InChI=1S/C12H14N4O/c1-8(13)9-4-2-3-5-11(9)16-7-6-10(15-16)12(14)17/h2-8H,13H2,1H3,(H2,14,17). The molecule has 2 rings (SSSR count). The van der Waals surface area contributed by atoms with Crippen molar-refractivity contribution in [2.75, 3.05) is 0 Å². The summed E-state index contributed by atoms with van der Waals surface area (Å²) in [5, 5.41) is 4.11. The Bertz CT molecular complexity index is 545. The van der Waals surface area contributed by atoms with Gasteiger partial charge in [-0.3, -0.25) is 4.79 Å². The highest BCUT2D eigenvalue weighted by molar-refractivity contribution is 5.90. The third-order valence-corrected chi connectivity index (χ3v) is 2.52. The zero-order chi connectivity index (χ0) is 12.4. The predicted molar refractivity (Wildman–Crippen MR) is 64.7 cm³/mol. The van der Waals surface area contributed by atoms with Gasteiger partial charge in [-0.15, -0.1) is 0 Å². The van der Waals surface area contributed by atoms with E-state index in [0.717, 1.165) is 11.3 Å². The molecule has 1 aromatic heterocycles. The highest BCUT2D eigenvalue weighted by Crippen LogP contribution is 2.19. The summed E-state index contributed by atoms with van der Waals surface area (Å²) in [6.45, 7) is 1.90. The van der Waals surface area contributed by atoms with Gasteiger partial charge in [0.05, 0.1) is 5.69 Å². The van der Waals surface area contributed by atoms with Crippen molar-refractivity contribution in [3.8, 4) is 5.69 Å². The third-order valence-electron chi connectivity index (χ3n) is 2.52. The third kappa shape index (κ3) is 2.19.